The van der Waals surface area contributed by atoms with Crippen molar-refractivity contribution in [2.24, 2.45) is 7.05 Å². The van der Waals surface area contributed by atoms with Crippen molar-refractivity contribution >= 4 is 5.91 Å². The lowest BCUT2D eigenvalue weighted by Crippen LogP contribution is -2.27. The van der Waals surface area contributed by atoms with Gasteiger partial charge >= 0.3 is 12.4 Å². The highest BCUT2D eigenvalue weighted by molar-refractivity contribution is 5.96. The molecule has 2 aromatic carbocycles. The number of aryl methyl sites for hydroxylation is 1. The minimum atomic E-state index is -4.74. The van der Waals surface area contributed by atoms with Crippen LogP contribution in [0.4, 0.5) is 26.3 Å². The molecule has 39 heavy (non-hydrogen) atoms. The first-order chi connectivity index (χ1) is 18.2. The van der Waals surface area contributed by atoms with E-state index >= 15 is 0 Å². The van der Waals surface area contributed by atoms with Gasteiger partial charge in [0.15, 0.2) is 5.69 Å². The maximum atomic E-state index is 13.7. The van der Waals surface area contributed by atoms with E-state index in [1.165, 1.54) is 42.5 Å². The van der Waals surface area contributed by atoms with Crippen molar-refractivity contribution in [3.8, 4) is 11.1 Å². The molecule has 2 N–H and O–H groups in total. The number of hydrogen-bond acceptors (Lipinski definition) is 3. The number of imidazole rings is 1. The molecule has 1 amide bonds. The van der Waals surface area contributed by atoms with Gasteiger partial charge in [-0.1, -0.05) is 18.2 Å². The third kappa shape index (κ3) is 6.21. The maximum Gasteiger partial charge on any atom is 0.433 e. The molecule has 0 radical (unpaired) electrons. The molecule has 1 atom stereocenters. The molecule has 204 valence electrons. The second kappa shape index (κ2) is 10.4. The SMILES string of the molecule is CC(NC(=O)c1cc(Cn2ccn(C)c2=N)cc(-c2cccnc2C(F)(F)F)c1)c1ccc(C(F)(F)F)cc1. The molecule has 0 aliphatic rings. The number of aromatic nitrogens is 3. The number of nitrogens with one attached hydrogen (secondary N) is 2. The molecule has 0 saturated heterocycles. The molecular formula is C27H23F6N5O. The predicted molar refractivity (Wildman–Crippen MR) is 130 cm³/mol. The highest BCUT2D eigenvalue weighted by Gasteiger charge is 2.35. The van der Waals surface area contributed by atoms with Crippen molar-refractivity contribution in [1.82, 2.24) is 19.4 Å². The summed E-state index contributed by atoms with van der Waals surface area (Å²) in [6, 6.07) is 10.6. The quantitative estimate of drug-likeness (QED) is 0.293. The molecule has 0 spiro atoms. The van der Waals surface area contributed by atoms with Gasteiger partial charge in [-0.3, -0.25) is 15.2 Å². The number of nitrogens with zero attached hydrogens (tertiary/aromatic N) is 3. The van der Waals surface area contributed by atoms with Gasteiger partial charge in [-0.05, 0) is 60.0 Å². The van der Waals surface area contributed by atoms with E-state index in [-0.39, 0.29) is 28.9 Å². The lowest BCUT2D eigenvalue weighted by Gasteiger charge is -2.17. The Bertz CT molecular complexity index is 1550. The van der Waals surface area contributed by atoms with Crippen molar-refractivity contribution in [2.75, 3.05) is 0 Å². The van der Waals surface area contributed by atoms with Crippen molar-refractivity contribution in [3.05, 3.63) is 107 Å². The zero-order valence-electron chi connectivity index (χ0n) is 20.7. The minimum Gasteiger partial charge on any atom is -0.346 e. The van der Waals surface area contributed by atoms with E-state index in [9.17, 15) is 31.1 Å². The highest BCUT2D eigenvalue weighted by Crippen LogP contribution is 2.36. The zero-order valence-corrected chi connectivity index (χ0v) is 20.7. The summed E-state index contributed by atoms with van der Waals surface area (Å²) in [7, 11) is 1.67. The van der Waals surface area contributed by atoms with Crippen LogP contribution in [0.1, 0.15) is 45.7 Å². The molecule has 0 aliphatic carbocycles. The lowest BCUT2D eigenvalue weighted by atomic mass is 9.97. The monoisotopic (exact) mass is 547 g/mol. The predicted octanol–water partition coefficient (Wildman–Crippen LogP) is 5.94. The fourth-order valence-corrected chi connectivity index (χ4v) is 4.11. The first-order valence-electron chi connectivity index (χ1n) is 11.6. The maximum absolute atomic E-state index is 13.7. The summed E-state index contributed by atoms with van der Waals surface area (Å²) in [5.41, 5.74) is -1.00. The van der Waals surface area contributed by atoms with Crippen LogP contribution in [0.5, 0.6) is 0 Å². The molecule has 4 aromatic rings. The molecule has 0 fully saturated rings. The molecule has 0 aliphatic heterocycles. The molecule has 4 rings (SSSR count). The molecule has 6 nitrogen and oxygen atoms in total. The smallest absolute Gasteiger partial charge is 0.346 e. The number of alkyl halides is 6. The third-order valence-corrected chi connectivity index (χ3v) is 6.16. The Labute approximate surface area is 219 Å². The van der Waals surface area contributed by atoms with Crippen LogP contribution in [0.2, 0.25) is 0 Å². The Kier molecular flexibility index (Phi) is 7.40. The van der Waals surface area contributed by atoms with Gasteiger partial charge in [-0.25, -0.2) is 0 Å². The zero-order chi connectivity index (χ0) is 28.5. The first-order valence-corrected chi connectivity index (χ1v) is 11.6. The largest absolute Gasteiger partial charge is 0.433 e. The van der Waals surface area contributed by atoms with Gasteiger partial charge in [0.25, 0.3) is 5.91 Å². The van der Waals surface area contributed by atoms with Crippen LogP contribution in [0.15, 0.2) is 73.2 Å². The van der Waals surface area contributed by atoms with E-state index in [0.717, 1.165) is 18.3 Å². The van der Waals surface area contributed by atoms with Gasteiger partial charge in [0, 0.05) is 36.8 Å². The van der Waals surface area contributed by atoms with E-state index in [4.69, 9.17) is 5.41 Å². The summed E-state index contributed by atoms with van der Waals surface area (Å²) >= 11 is 0. The fraction of sp³-hybridized carbons (Fsp3) is 0.222. The third-order valence-electron chi connectivity index (χ3n) is 6.16. The van der Waals surface area contributed by atoms with Crippen LogP contribution in [-0.4, -0.2) is 20.0 Å². The van der Waals surface area contributed by atoms with Crippen LogP contribution >= 0.6 is 0 Å². The Morgan fingerprint density at radius 3 is 2.28 bits per heavy atom. The van der Waals surface area contributed by atoms with Crippen LogP contribution in [0, 0.1) is 5.41 Å². The topological polar surface area (TPSA) is 75.7 Å². The van der Waals surface area contributed by atoms with Crippen molar-refractivity contribution in [3.63, 3.8) is 0 Å². The highest BCUT2D eigenvalue weighted by atomic mass is 19.4. The lowest BCUT2D eigenvalue weighted by molar-refractivity contribution is -0.140. The number of benzene rings is 2. The number of hydrogen-bond donors (Lipinski definition) is 2. The summed E-state index contributed by atoms with van der Waals surface area (Å²) in [6.07, 6.45) is -4.93. The summed E-state index contributed by atoms with van der Waals surface area (Å²) < 4.78 is 82.9. The van der Waals surface area contributed by atoms with E-state index in [1.54, 1.807) is 35.5 Å². The van der Waals surface area contributed by atoms with E-state index in [0.29, 0.717) is 11.1 Å². The van der Waals surface area contributed by atoms with Crippen molar-refractivity contribution < 1.29 is 31.1 Å². The Hall–Kier alpha value is -4.35. The summed E-state index contributed by atoms with van der Waals surface area (Å²) in [4.78, 5) is 16.7. The normalized spacial score (nSPS) is 12.8. The summed E-state index contributed by atoms with van der Waals surface area (Å²) in [6.45, 7) is 1.68. The van der Waals surface area contributed by atoms with Crippen LogP contribution in [-0.2, 0) is 25.9 Å². The Morgan fingerprint density at radius 1 is 1.00 bits per heavy atom. The summed E-state index contributed by atoms with van der Waals surface area (Å²) in [5, 5.41) is 10.9. The molecule has 1 unspecified atom stereocenters. The molecule has 0 bridgehead atoms. The number of carbonyl (C=O) groups excluding carboxylic acids is 1. The molecular weight excluding hydrogens is 524 g/mol. The van der Waals surface area contributed by atoms with E-state index in [2.05, 4.69) is 10.3 Å². The standard InChI is InChI=1S/C27H23F6N5O/c1-16(18-5-7-21(8-6-18)26(28,29)30)36-24(39)20-13-17(15-38-11-10-37(2)25(38)34)12-19(14-20)22-4-3-9-35-23(22)27(31,32)33/h3-14,16,34H,15H2,1-2H3,(H,36,39). The average Bonchev–Trinajstić information content (AvgIpc) is 3.19. The molecule has 2 heterocycles. The number of rotatable bonds is 6. The van der Waals surface area contributed by atoms with Gasteiger partial charge in [0.05, 0.1) is 18.2 Å². The average molecular weight is 548 g/mol. The first kappa shape index (κ1) is 27.7. The summed E-state index contributed by atoms with van der Waals surface area (Å²) in [5.74, 6) is -0.632. The van der Waals surface area contributed by atoms with Crippen LogP contribution in [0.3, 0.4) is 0 Å². The van der Waals surface area contributed by atoms with Gasteiger partial charge in [-0.15, -0.1) is 0 Å². The van der Waals surface area contributed by atoms with Crippen LogP contribution in [0.25, 0.3) is 11.1 Å². The van der Waals surface area contributed by atoms with Gasteiger partial charge in [-0.2, -0.15) is 26.3 Å². The molecule has 12 heteroatoms. The fourth-order valence-electron chi connectivity index (χ4n) is 4.11. The Balaban J connectivity index is 1.71. The second-order valence-corrected chi connectivity index (χ2v) is 8.99. The van der Waals surface area contributed by atoms with Crippen molar-refractivity contribution in [1.29, 1.82) is 5.41 Å². The van der Waals surface area contributed by atoms with E-state index in [1.807, 2.05) is 0 Å². The van der Waals surface area contributed by atoms with Gasteiger partial charge in [0.2, 0.25) is 5.62 Å². The number of pyridine rings is 1. The molecule has 0 saturated carbocycles. The number of halogens is 6. The van der Waals surface area contributed by atoms with Gasteiger partial charge < -0.3 is 14.5 Å². The van der Waals surface area contributed by atoms with Crippen LogP contribution < -0.4 is 10.9 Å². The second-order valence-electron chi connectivity index (χ2n) is 8.99. The van der Waals surface area contributed by atoms with E-state index < -0.39 is 35.6 Å². The van der Waals surface area contributed by atoms with Gasteiger partial charge in [0.1, 0.15) is 0 Å². The van der Waals surface area contributed by atoms with Crippen molar-refractivity contribution in [2.45, 2.75) is 31.9 Å². The minimum absolute atomic E-state index is 0.0429. The number of amides is 1. The number of carbonyl (C=O) groups is 1. The molecule has 2 aromatic heterocycles. The Morgan fingerprint density at radius 2 is 1.69 bits per heavy atom.